The number of carbonyl (C=O) groups is 1. The average Bonchev–Trinajstić information content (AvgIpc) is 2.74. The molecule has 0 aliphatic heterocycles. The van der Waals surface area contributed by atoms with Gasteiger partial charge in [-0.3, -0.25) is 0 Å². The highest BCUT2D eigenvalue weighted by Crippen LogP contribution is 2.36. The summed E-state index contributed by atoms with van der Waals surface area (Å²) in [5.41, 5.74) is -11.0. The number of hydrogen-bond acceptors (Lipinski definition) is 6. The van der Waals surface area contributed by atoms with Crippen LogP contribution in [0.15, 0.2) is 43.0 Å². The fraction of sp³-hybridized carbons (Fsp3) is 0.526. The van der Waals surface area contributed by atoms with Crippen LogP contribution in [0.4, 0.5) is 26.3 Å². The Morgan fingerprint density at radius 3 is 1.80 bits per heavy atom. The number of quaternary nitrogens is 1. The van der Waals surface area contributed by atoms with Crippen molar-refractivity contribution in [3.05, 3.63) is 52.7 Å². The highest BCUT2D eigenvalue weighted by molar-refractivity contribution is 8.13. The van der Waals surface area contributed by atoms with Crippen molar-refractivity contribution in [1.29, 1.82) is 0 Å². The largest absolute Gasteiger partial charge is 0.480 e. The summed E-state index contributed by atoms with van der Waals surface area (Å²) in [7, 11) is -13.4. The van der Waals surface area contributed by atoms with Crippen LogP contribution in [0.1, 0.15) is 25.8 Å². The number of carbonyl (C=O) groups excluding carboxylic acids is 1. The van der Waals surface area contributed by atoms with E-state index in [0.29, 0.717) is 6.61 Å². The number of ether oxygens (including phenoxy) is 1. The van der Waals surface area contributed by atoms with Crippen molar-refractivity contribution in [3.8, 4) is 0 Å². The molecule has 8 nitrogen and oxygen atoms in total. The molecule has 0 N–H and O–H groups in total. The smallest absolute Gasteiger partial charge is 0.462 e. The molecule has 0 saturated heterocycles. The molecular weight excluding hydrogens is 530 g/mol. The van der Waals surface area contributed by atoms with Gasteiger partial charge in [0.1, 0.15) is 6.54 Å². The molecular formula is C19H26F6N2O6S2. The lowest BCUT2D eigenvalue weighted by Gasteiger charge is -2.37. The van der Waals surface area contributed by atoms with Gasteiger partial charge in [0.2, 0.25) is 0 Å². The summed E-state index contributed by atoms with van der Waals surface area (Å²) in [5.74, 6) is -0.334. The minimum Gasteiger partial charge on any atom is -0.462 e. The van der Waals surface area contributed by atoms with E-state index in [1.807, 2.05) is 6.07 Å². The molecule has 0 aliphatic rings. The van der Waals surface area contributed by atoms with Crippen molar-refractivity contribution in [2.75, 3.05) is 26.2 Å². The van der Waals surface area contributed by atoms with Crippen molar-refractivity contribution >= 4 is 26.0 Å². The van der Waals surface area contributed by atoms with Gasteiger partial charge in [-0.2, -0.15) is 26.3 Å². The molecule has 0 spiro atoms. The Balaban J connectivity index is 0.000000691. The number of benzene rings is 1. The first-order valence-corrected chi connectivity index (χ1v) is 12.8. The first-order valence-electron chi connectivity index (χ1n) is 9.91. The van der Waals surface area contributed by atoms with Crippen LogP contribution in [0.5, 0.6) is 0 Å². The predicted octanol–water partition coefficient (Wildman–Crippen LogP) is 4.22. The zero-order valence-electron chi connectivity index (χ0n) is 18.8. The number of nitrogens with zero attached hydrogens (tertiary/aromatic N) is 2. The summed E-state index contributed by atoms with van der Waals surface area (Å²) < 4.78 is 115. The molecule has 0 atom stereocenters. The summed E-state index contributed by atoms with van der Waals surface area (Å²) in [6.07, 6.45) is 2.10. The first kappa shape index (κ1) is 32.8. The van der Waals surface area contributed by atoms with E-state index in [1.54, 1.807) is 0 Å². The van der Waals surface area contributed by atoms with Gasteiger partial charge in [-0.15, -0.1) is 0 Å². The maximum absolute atomic E-state index is 11.4. The van der Waals surface area contributed by atoms with Crippen LogP contribution in [0.25, 0.3) is 4.13 Å². The molecule has 1 rings (SSSR count). The Morgan fingerprint density at radius 2 is 1.43 bits per heavy atom. The number of esters is 1. The van der Waals surface area contributed by atoms with Gasteiger partial charge < -0.3 is 13.3 Å². The maximum Gasteiger partial charge on any atom is 0.480 e. The average molecular weight is 557 g/mol. The molecule has 0 saturated carbocycles. The van der Waals surface area contributed by atoms with Gasteiger partial charge in [-0.25, -0.2) is 21.6 Å². The second kappa shape index (κ2) is 13.2. The molecule has 0 unspecified atom stereocenters. The van der Waals surface area contributed by atoms with E-state index in [-0.39, 0.29) is 5.97 Å². The molecule has 0 aromatic heterocycles. The summed E-state index contributed by atoms with van der Waals surface area (Å²) in [6, 6.07) is 10.6. The minimum absolute atomic E-state index is 0.334. The molecule has 202 valence electrons. The lowest BCUT2D eigenvalue weighted by atomic mass is 10.1. The van der Waals surface area contributed by atoms with Crippen LogP contribution in [0.3, 0.4) is 0 Å². The highest BCUT2D eigenvalue weighted by atomic mass is 32.3. The molecule has 0 radical (unpaired) electrons. The lowest BCUT2D eigenvalue weighted by Crippen LogP contribution is -2.47. The van der Waals surface area contributed by atoms with E-state index in [0.717, 1.165) is 41.2 Å². The van der Waals surface area contributed by atoms with E-state index in [2.05, 4.69) is 44.7 Å². The van der Waals surface area contributed by atoms with Crippen LogP contribution in [0, 0.1) is 0 Å². The molecule has 0 aliphatic carbocycles. The molecule has 1 aromatic rings. The molecule has 16 heteroatoms. The Hall–Kier alpha value is -2.17. The molecule has 0 fully saturated rings. The van der Waals surface area contributed by atoms with Crippen LogP contribution < -0.4 is 0 Å². The minimum atomic E-state index is -6.72. The van der Waals surface area contributed by atoms with Crippen LogP contribution in [-0.4, -0.2) is 64.5 Å². The zero-order valence-corrected chi connectivity index (χ0v) is 20.5. The van der Waals surface area contributed by atoms with Gasteiger partial charge in [0.05, 0.1) is 26.2 Å². The van der Waals surface area contributed by atoms with Gasteiger partial charge in [0.25, 0.3) is 0 Å². The number of hydrogen-bond donors (Lipinski definition) is 0. The zero-order chi connectivity index (χ0) is 27.6. The van der Waals surface area contributed by atoms with E-state index in [4.69, 9.17) is 4.74 Å². The topological polar surface area (TPSA) is 109 Å². The lowest BCUT2D eigenvalue weighted by molar-refractivity contribution is -0.938. The highest BCUT2D eigenvalue weighted by Gasteiger charge is 2.46. The molecule has 0 heterocycles. The third-order valence-electron chi connectivity index (χ3n) is 4.67. The maximum atomic E-state index is 11.4. The second-order valence-electron chi connectivity index (χ2n) is 6.98. The summed E-state index contributed by atoms with van der Waals surface area (Å²) in [4.78, 5) is 11.0. The quantitative estimate of drug-likeness (QED) is 0.133. The van der Waals surface area contributed by atoms with E-state index < -0.39 is 31.1 Å². The second-order valence-corrected chi connectivity index (χ2v) is 10.4. The molecule has 1 aromatic carbocycles. The van der Waals surface area contributed by atoms with Crippen LogP contribution in [0.2, 0.25) is 0 Å². The molecule has 0 bridgehead atoms. The van der Waals surface area contributed by atoms with Crippen molar-refractivity contribution in [2.24, 2.45) is 0 Å². The summed E-state index contributed by atoms with van der Waals surface area (Å²) in [5, 5.41) is 0. The van der Waals surface area contributed by atoms with Crippen LogP contribution >= 0.6 is 0 Å². The van der Waals surface area contributed by atoms with Crippen molar-refractivity contribution in [3.63, 3.8) is 0 Å². The standard InChI is InChI=1S/C17H26NO2.C2F6NO4S2/c1-4-17(19)20-14-10-13-18(5-2,6-3)15-16-11-8-7-9-12-16;3-1(4,5)14(10,11)9-15(12,13)2(6,7)8/h4,7-9,11-12H,1,5-6,10,13-15H2,2-3H3;/q+1;-1. The van der Waals surface area contributed by atoms with Gasteiger partial charge in [0, 0.05) is 18.1 Å². The third-order valence-corrected chi connectivity index (χ3v) is 7.41. The third kappa shape index (κ3) is 11.0. The number of sulfonamides is 2. The number of halogens is 6. The summed E-state index contributed by atoms with van der Waals surface area (Å²) in [6.45, 7) is 12.5. The van der Waals surface area contributed by atoms with Gasteiger partial charge >= 0.3 is 17.0 Å². The Kier molecular flexibility index (Phi) is 12.4. The Labute approximate surface area is 200 Å². The van der Waals surface area contributed by atoms with Gasteiger partial charge in [0.15, 0.2) is 20.0 Å². The van der Waals surface area contributed by atoms with Crippen molar-refractivity contribution < 1.29 is 57.2 Å². The van der Waals surface area contributed by atoms with Crippen molar-refractivity contribution in [2.45, 2.75) is 37.8 Å². The van der Waals surface area contributed by atoms with Crippen LogP contribution in [-0.2, 0) is 36.1 Å². The SMILES string of the molecule is C=CC(=O)OCCC[N+](CC)(CC)Cc1ccccc1.O=S(=O)([N-]S(=O)(=O)C(F)(F)F)C(F)(F)F. The molecule has 0 amide bonds. The first-order chi connectivity index (χ1) is 15.9. The number of alkyl halides is 6. The summed E-state index contributed by atoms with van der Waals surface area (Å²) >= 11 is 0. The van der Waals surface area contributed by atoms with E-state index in [1.165, 1.54) is 11.6 Å². The monoisotopic (exact) mass is 556 g/mol. The fourth-order valence-electron chi connectivity index (χ4n) is 2.66. The van der Waals surface area contributed by atoms with Gasteiger partial charge in [-0.05, 0) is 13.8 Å². The van der Waals surface area contributed by atoms with Gasteiger partial charge in [-0.1, -0.05) is 36.9 Å². The predicted molar refractivity (Wildman–Crippen MR) is 115 cm³/mol. The van der Waals surface area contributed by atoms with E-state index >= 15 is 0 Å². The van der Waals surface area contributed by atoms with E-state index in [9.17, 15) is 48.0 Å². The molecule has 35 heavy (non-hydrogen) atoms. The normalized spacial score (nSPS) is 12.9. The number of rotatable bonds is 11. The Bertz CT molecular complexity index is 980. The fourth-order valence-corrected chi connectivity index (χ4v) is 4.37. The Morgan fingerprint density at radius 1 is 0.971 bits per heavy atom. The van der Waals surface area contributed by atoms with Crippen molar-refractivity contribution in [1.82, 2.24) is 0 Å².